The summed E-state index contributed by atoms with van der Waals surface area (Å²) in [5.74, 6) is 2.37. The van der Waals surface area contributed by atoms with Crippen LogP contribution in [0.25, 0.3) is 112 Å². The second-order valence-electron chi connectivity index (χ2n) is 16.9. The SMILES string of the molecule is CC1CC=Cc2c1c1ccccc1n2-c1ccc2c(c1)c1cc(-n3c4ccccc4c4ccccc43)ccc1n2-c1ccc(-c2nc(-c3ccccc3)nc(-c3ccccc3)n2)cc1. The summed E-state index contributed by atoms with van der Waals surface area (Å²) in [7, 11) is 0. The zero-order valence-electron chi connectivity index (χ0n) is 35.1. The van der Waals surface area contributed by atoms with Gasteiger partial charge in [0.15, 0.2) is 17.5 Å². The van der Waals surface area contributed by atoms with E-state index in [4.69, 9.17) is 15.0 Å². The van der Waals surface area contributed by atoms with Crippen molar-refractivity contribution < 1.29 is 0 Å². The summed E-state index contributed by atoms with van der Waals surface area (Å²) < 4.78 is 7.28. The zero-order valence-corrected chi connectivity index (χ0v) is 35.1. The van der Waals surface area contributed by atoms with Crippen molar-refractivity contribution in [3.63, 3.8) is 0 Å². The van der Waals surface area contributed by atoms with Crippen molar-refractivity contribution in [2.75, 3.05) is 0 Å². The minimum atomic E-state index is 0.445. The van der Waals surface area contributed by atoms with E-state index in [9.17, 15) is 0 Å². The van der Waals surface area contributed by atoms with Gasteiger partial charge in [-0.05, 0) is 103 Å². The molecule has 0 bridgehead atoms. The molecule has 0 fully saturated rings. The van der Waals surface area contributed by atoms with Gasteiger partial charge in [0.1, 0.15) is 0 Å². The van der Waals surface area contributed by atoms with Crippen LogP contribution in [0.15, 0.2) is 200 Å². The molecule has 302 valence electrons. The van der Waals surface area contributed by atoms with Crippen LogP contribution in [0, 0.1) is 0 Å². The minimum absolute atomic E-state index is 0.445. The van der Waals surface area contributed by atoms with E-state index in [0.29, 0.717) is 23.4 Å². The molecule has 0 radical (unpaired) electrons. The molecule has 0 N–H and O–H groups in total. The molecule has 12 aromatic rings. The number of nitrogens with zero attached hydrogens (tertiary/aromatic N) is 6. The van der Waals surface area contributed by atoms with Crippen molar-refractivity contribution in [2.45, 2.75) is 19.3 Å². The molecule has 13 rings (SSSR count). The van der Waals surface area contributed by atoms with Gasteiger partial charge in [0.05, 0.1) is 27.6 Å². The van der Waals surface area contributed by atoms with E-state index in [2.05, 4.69) is 166 Å². The maximum atomic E-state index is 5.02. The highest BCUT2D eigenvalue weighted by molar-refractivity contribution is 6.13. The molecule has 1 aliphatic carbocycles. The summed E-state index contributed by atoms with van der Waals surface area (Å²) in [4.78, 5) is 15.0. The van der Waals surface area contributed by atoms with Crippen molar-refractivity contribution in [1.29, 1.82) is 0 Å². The Morgan fingerprint density at radius 1 is 0.375 bits per heavy atom. The number of allylic oxidation sites excluding steroid dienone is 1. The summed E-state index contributed by atoms with van der Waals surface area (Å²) in [5, 5.41) is 6.21. The number of benzene rings is 8. The van der Waals surface area contributed by atoms with E-state index in [1.54, 1.807) is 0 Å². The second-order valence-corrected chi connectivity index (χ2v) is 16.9. The van der Waals surface area contributed by atoms with Gasteiger partial charge in [-0.3, -0.25) is 0 Å². The fraction of sp³-hybridized carbons (Fsp3) is 0.0517. The number of para-hydroxylation sites is 3. The third kappa shape index (κ3) is 5.62. The highest BCUT2D eigenvalue weighted by Crippen LogP contribution is 2.42. The Kier molecular flexibility index (Phi) is 8.15. The summed E-state index contributed by atoms with van der Waals surface area (Å²) in [6.07, 6.45) is 5.70. The van der Waals surface area contributed by atoms with Crippen molar-refractivity contribution in [1.82, 2.24) is 28.7 Å². The van der Waals surface area contributed by atoms with Gasteiger partial charge in [0.2, 0.25) is 0 Å². The molecule has 4 aromatic heterocycles. The summed E-state index contributed by atoms with van der Waals surface area (Å²) in [6.45, 7) is 2.35. The molecule has 6 heteroatoms. The third-order valence-corrected chi connectivity index (χ3v) is 13.1. The predicted octanol–water partition coefficient (Wildman–Crippen LogP) is 14.5. The number of aromatic nitrogens is 6. The van der Waals surface area contributed by atoms with Gasteiger partial charge in [-0.15, -0.1) is 0 Å². The van der Waals surface area contributed by atoms with Crippen LogP contribution in [-0.2, 0) is 0 Å². The Morgan fingerprint density at radius 3 is 1.33 bits per heavy atom. The van der Waals surface area contributed by atoms with Crippen molar-refractivity contribution >= 4 is 60.6 Å². The number of hydrogen-bond donors (Lipinski definition) is 0. The molecular formula is C58H40N6. The van der Waals surface area contributed by atoms with Gasteiger partial charge >= 0.3 is 0 Å². The van der Waals surface area contributed by atoms with Gasteiger partial charge in [0, 0.05) is 66.4 Å². The predicted molar refractivity (Wildman–Crippen MR) is 264 cm³/mol. The highest BCUT2D eigenvalue weighted by atomic mass is 15.0. The molecule has 64 heavy (non-hydrogen) atoms. The maximum Gasteiger partial charge on any atom is 0.164 e. The number of hydrogen-bond acceptors (Lipinski definition) is 3. The van der Waals surface area contributed by atoms with E-state index >= 15 is 0 Å². The standard InChI is InChI=1S/C58H40N6/c1-37-15-14-26-54-55(37)46-22-10-13-25-51(46)64(54)43-32-34-53-48(36-43)47-35-42(63-49-23-11-8-20-44(49)45-21-9-12-24-50(45)63)31-33-52(47)62(53)41-29-27-40(28-30-41)58-60-56(38-16-4-2-5-17-38)59-57(61-58)39-18-6-3-7-19-39/h2-14,16-37H,15H2,1H3. The monoisotopic (exact) mass is 820 g/mol. The molecule has 0 amide bonds. The van der Waals surface area contributed by atoms with Crippen LogP contribution in [0.2, 0.25) is 0 Å². The topological polar surface area (TPSA) is 53.5 Å². The molecule has 1 aliphatic rings. The van der Waals surface area contributed by atoms with Gasteiger partial charge in [-0.1, -0.05) is 128 Å². The van der Waals surface area contributed by atoms with Crippen LogP contribution < -0.4 is 0 Å². The first-order chi connectivity index (χ1) is 31.7. The van der Waals surface area contributed by atoms with Crippen LogP contribution in [0.1, 0.15) is 30.5 Å². The lowest BCUT2D eigenvalue weighted by Crippen LogP contribution is -2.03. The summed E-state index contributed by atoms with van der Waals surface area (Å²) >= 11 is 0. The first kappa shape index (κ1) is 36.3. The Bertz CT molecular complexity index is 3700. The van der Waals surface area contributed by atoms with Gasteiger partial charge in [-0.25, -0.2) is 15.0 Å². The second kappa shape index (κ2) is 14.4. The fourth-order valence-corrected chi connectivity index (χ4v) is 10.2. The highest BCUT2D eigenvalue weighted by Gasteiger charge is 2.24. The Labute approximate surface area is 369 Å². The average molecular weight is 821 g/mol. The first-order valence-corrected chi connectivity index (χ1v) is 22.0. The van der Waals surface area contributed by atoms with Crippen molar-refractivity contribution in [3.8, 4) is 51.2 Å². The molecule has 6 nitrogen and oxygen atoms in total. The average Bonchev–Trinajstić information content (AvgIpc) is 4.00. The number of fused-ring (bicyclic) bond motifs is 9. The van der Waals surface area contributed by atoms with E-state index in [1.807, 2.05) is 60.7 Å². The Morgan fingerprint density at radius 2 is 0.781 bits per heavy atom. The lowest BCUT2D eigenvalue weighted by Gasteiger charge is -2.17. The third-order valence-electron chi connectivity index (χ3n) is 13.1. The molecule has 0 saturated carbocycles. The minimum Gasteiger partial charge on any atom is -0.310 e. The maximum absolute atomic E-state index is 5.02. The molecular weight excluding hydrogens is 781 g/mol. The lowest BCUT2D eigenvalue weighted by atomic mass is 9.91. The van der Waals surface area contributed by atoms with E-state index in [-0.39, 0.29) is 0 Å². The van der Waals surface area contributed by atoms with Crippen LogP contribution in [-0.4, -0.2) is 28.7 Å². The molecule has 1 unspecified atom stereocenters. The number of rotatable bonds is 6. The Balaban J connectivity index is 1.02. The molecule has 4 heterocycles. The molecule has 1 atom stereocenters. The van der Waals surface area contributed by atoms with E-state index in [0.717, 1.165) is 51.2 Å². The summed E-state index contributed by atoms with van der Waals surface area (Å²) in [6, 6.07) is 69.2. The molecule has 0 spiro atoms. The van der Waals surface area contributed by atoms with Gasteiger partial charge < -0.3 is 13.7 Å². The van der Waals surface area contributed by atoms with Gasteiger partial charge in [0.25, 0.3) is 0 Å². The quantitative estimate of drug-likeness (QED) is 0.168. The smallest absolute Gasteiger partial charge is 0.164 e. The van der Waals surface area contributed by atoms with E-state index in [1.165, 1.54) is 54.7 Å². The lowest BCUT2D eigenvalue weighted by molar-refractivity contribution is 0.773. The van der Waals surface area contributed by atoms with Crippen molar-refractivity contribution in [2.24, 2.45) is 0 Å². The van der Waals surface area contributed by atoms with E-state index < -0.39 is 0 Å². The molecule has 0 aliphatic heterocycles. The molecule has 8 aromatic carbocycles. The fourth-order valence-electron chi connectivity index (χ4n) is 10.2. The van der Waals surface area contributed by atoms with Crippen LogP contribution in [0.5, 0.6) is 0 Å². The van der Waals surface area contributed by atoms with Crippen LogP contribution in [0.3, 0.4) is 0 Å². The first-order valence-electron chi connectivity index (χ1n) is 22.0. The van der Waals surface area contributed by atoms with Crippen LogP contribution in [0.4, 0.5) is 0 Å². The summed E-state index contributed by atoms with van der Waals surface area (Å²) in [5.41, 5.74) is 14.7. The van der Waals surface area contributed by atoms with Crippen LogP contribution >= 0.6 is 0 Å². The van der Waals surface area contributed by atoms with Crippen molar-refractivity contribution in [3.05, 3.63) is 211 Å². The Hall–Kier alpha value is -8.35. The normalized spacial score (nSPS) is 13.7. The largest absolute Gasteiger partial charge is 0.310 e. The van der Waals surface area contributed by atoms with Gasteiger partial charge in [-0.2, -0.15) is 0 Å². The zero-order chi connectivity index (χ0) is 42.3. The molecule has 0 saturated heterocycles.